The van der Waals surface area contributed by atoms with E-state index in [9.17, 15) is 9.59 Å². The lowest BCUT2D eigenvalue weighted by Gasteiger charge is -2.11. The van der Waals surface area contributed by atoms with Crippen LogP contribution >= 0.6 is 0 Å². The number of benzene rings is 2. The minimum absolute atomic E-state index is 0.378. The van der Waals surface area contributed by atoms with Gasteiger partial charge in [-0.3, -0.25) is 4.79 Å². The third kappa shape index (κ3) is 2.48. The predicted molar refractivity (Wildman–Crippen MR) is 78.1 cm³/mol. The molecule has 0 aliphatic rings. The first-order chi connectivity index (χ1) is 9.58. The Hall–Kier alpha value is -2.42. The summed E-state index contributed by atoms with van der Waals surface area (Å²) in [6.07, 6.45) is 0.767. The smallest absolute Gasteiger partial charge is 0.337 e. The average molecular weight is 268 g/mol. The first kappa shape index (κ1) is 14.0. The van der Waals surface area contributed by atoms with E-state index in [0.717, 1.165) is 28.5 Å². The molecule has 2 rings (SSSR count). The summed E-state index contributed by atoms with van der Waals surface area (Å²) in [5.74, 6) is -0.444. The largest absolute Gasteiger partial charge is 0.465 e. The van der Waals surface area contributed by atoms with Crippen molar-refractivity contribution in [2.24, 2.45) is 0 Å². The Morgan fingerprint density at radius 3 is 2.50 bits per heavy atom. The van der Waals surface area contributed by atoms with E-state index in [-0.39, 0.29) is 0 Å². The Morgan fingerprint density at radius 2 is 1.85 bits per heavy atom. The van der Waals surface area contributed by atoms with Gasteiger partial charge < -0.3 is 4.74 Å². The van der Waals surface area contributed by atoms with Gasteiger partial charge in [0.2, 0.25) is 0 Å². The van der Waals surface area contributed by atoms with Crippen molar-refractivity contribution in [2.45, 2.75) is 13.8 Å². The van der Waals surface area contributed by atoms with E-state index in [1.54, 1.807) is 18.2 Å². The molecule has 0 fully saturated rings. The van der Waals surface area contributed by atoms with Gasteiger partial charge in [0.15, 0.2) is 6.29 Å². The lowest BCUT2D eigenvalue weighted by Crippen LogP contribution is -2.03. The summed E-state index contributed by atoms with van der Waals surface area (Å²) in [5.41, 5.74) is 4.99. The summed E-state index contributed by atoms with van der Waals surface area (Å²) >= 11 is 0. The highest BCUT2D eigenvalue weighted by atomic mass is 16.5. The quantitative estimate of drug-likeness (QED) is 0.631. The van der Waals surface area contributed by atoms with Crippen molar-refractivity contribution in [1.82, 2.24) is 0 Å². The Bertz CT molecular complexity index is 672. The highest BCUT2D eigenvalue weighted by molar-refractivity contribution is 5.95. The van der Waals surface area contributed by atoms with Crippen LogP contribution in [0.1, 0.15) is 31.8 Å². The molecule has 2 aromatic carbocycles. The van der Waals surface area contributed by atoms with Gasteiger partial charge in [-0.25, -0.2) is 4.79 Å². The molecule has 0 unspecified atom stereocenters. The standard InChI is InChI=1S/C17H16O3/c1-11-5-4-6-15(12(11)2)16-8-7-13(17(19)20-3)9-14(16)10-18/h4-10H,1-3H3. The summed E-state index contributed by atoms with van der Waals surface area (Å²) in [6.45, 7) is 4.05. The number of carbonyl (C=O) groups excluding carboxylic acids is 2. The van der Waals surface area contributed by atoms with Crippen LogP contribution in [0, 0.1) is 13.8 Å². The van der Waals surface area contributed by atoms with Gasteiger partial charge in [-0.05, 0) is 48.2 Å². The second-order valence-electron chi connectivity index (χ2n) is 4.66. The molecule has 0 N–H and O–H groups in total. The van der Waals surface area contributed by atoms with E-state index < -0.39 is 5.97 Å². The van der Waals surface area contributed by atoms with Gasteiger partial charge in [0.1, 0.15) is 0 Å². The second kappa shape index (κ2) is 5.70. The number of carbonyl (C=O) groups is 2. The van der Waals surface area contributed by atoms with E-state index in [4.69, 9.17) is 0 Å². The maximum absolute atomic E-state index is 11.5. The minimum atomic E-state index is -0.444. The first-order valence-corrected chi connectivity index (χ1v) is 6.32. The van der Waals surface area contributed by atoms with Gasteiger partial charge in [-0.15, -0.1) is 0 Å². The van der Waals surface area contributed by atoms with E-state index >= 15 is 0 Å². The maximum Gasteiger partial charge on any atom is 0.337 e. The SMILES string of the molecule is COC(=O)c1ccc(-c2cccc(C)c2C)c(C=O)c1. The molecule has 2 aromatic rings. The van der Waals surface area contributed by atoms with Gasteiger partial charge in [0.25, 0.3) is 0 Å². The highest BCUT2D eigenvalue weighted by Gasteiger charge is 2.12. The summed E-state index contributed by atoms with van der Waals surface area (Å²) < 4.78 is 4.67. The number of esters is 1. The molecule has 0 amide bonds. The van der Waals surface area contributed by atoms with Crippen LogP contribution in [0.2, 0.25) is 0 Å². The number of ether oxygens (including phenoxy) is 1. The van der Waals surface area contributed by atoms with Crippen LogP contribution in [0.15, 0.2) is 36.4 Å². The van der Waals surface area contributed by atoms with E-state index in [1.165, 1.54) is 7.11 Å². The first-order valence-electron chi connectivity index (χ1n) is 6.32. The van der Waals surface area contributed by atoms with Crippen LogP contribution < -0.4 is 0 Å². The molecule has 3 heteroatoms. The molecular formula is C17H16O3. The molecule has 0 aliphatic carbocycles. The molecule has 0 heterocycles. The normalized spacial score (nSPS) is 10.2. The molecule has 102 valence electrons. The van der Waals surface area contributed by atoms with Crippen LogP contribution in [-0.4, -0.2) is 19.4 Å². The number of aldehydes is 1. The molecule has 0 bridgehead atoms. The fraction of sp³-hybridized carbons (Fsp3) is 0.176. The number of rotatable bonds is 3. The Balaban J connectivity index is 2.60. The third-order valence-corrected chi connectivity index (χ3v) is 3.49. The van der Waals surface area contributed by atoms with Crippen molar-refractivity contribution in [3.63, 3.8) is 0 Å². The van der Waals surface area contributed by atoms with Crippen molar-refractivity contribution >= 4 is 12.3 Å². The highest BCUT2D eigenvalue weighted by Crippen LogP contribution is 2.28. The third-order valence-electron chi connectivity index (χ3n) is 3.49. The summed E-state index contributed by atoms with van der Waals surface area (Å²) in [6, 6.07) is 11.0. The lowest BCUT2D eigenvalue weighted by molar-refractivity contribution is 0.0600. The van der Waals surface area contributed by atoms with Crippen molar-refractivity contribution in [2.75, 3.05) is 7.11 Å². The van der Waals surface area contributed by atoms with Crippen molar-refractivity contribution in [1.29, 1.82) is 0 Å². The molecule has 3 nitrogen and oxygen atoms in total. The summed E-state index contributed by atoms with van der Waals surface area (Å²) in [5, 5.41) is 0. The summed E-state index contributed by atoms with van der Waals surface area (Å²) in [7, 11) is 1.32. The number of hydrogen-bond acceptors (Lipinski definition) is 3. The maximum atomic E-state index is 11.5. The number of methoxy groups -OCH3 is 1. The number of hydrogen-bond donors (Lipinski definition) is 0. The molecular weight excluding hydrogens is 252 g/mol. The Kier molecular flexibility index (Phi) is 3.99. The van der Waals surface area contributed by atoms with Crippen LogP contribution in [0.5, 0.6) is 0 Å². The van der Waals surface area contributed by atoms with Crippen LogP contribution in [-0.2, 0) is 4.74 Å². The van der Waals surface area contributed by atoms with Crippen molar-refractivity contribution in [3.05, 3.63) is 58.7 Å². The molecule has 0 saturated carbocycles. The molecule has 0 atom stereocenters. The molecule has 20 heavy (non-hydrogen) atoms. The zero-order valence-corrected chi connectivity index (χ0v) is 11.8. The fourth-order valence-electron chi connectivity index (χ4n) is 2.19. The molecule has 0 saturated heterocycles. The topological polar surface area (TPSA) is 43.4 Å². The van der Waals surface area contributed by atoms with Gasteiger partial charge in [0.05, 0.1) is 12.7 Å². The molecule has 0 aromatic heterocycles. The minimum Gasteiger partial charge on any atom is -0.465 e. The monoisotopic (exact) mass is 268 g/mol. The zero-order valence-electron chi connectivity index (χ0n) is 11.8. The Morgan fingerprint density at radius 1 is 1.10 bits per heavy atom. The van der Waals surface area contributed by atoms with Gasteiger partial charge >= 0.3 is 5.97 Å². The van der Waals surface area contributed by atoms with Crippen molar-refractivity contribution in [3.8, 4) is 11.1 Å². The lowest BCUT2D eigenvalue weighted by atomic mass is 9.93. The molecule has 0 aliphatic heterocycles. The van der Waals surface area contributed by atoms with Gasteiger partial charge in [-0.2, -0.15) is 0 Å². The predicted octanol–water partition coefficient (Wildman–Crippen LogP) is 3.57. The molecule has 0 radical (unpaired) electrons. The number of aryl methyl sites for hydroxylation is 1. The summed E-state index contributed by atoms with van der Waals surface area (Å²) in [4.78, 5) is 22.8. The second-order valence-corrected chi connectivity index (χ2v) is 4.66. The van der Waals surface area contributed by atoms with E-state index in [2.05, 4.69) is 4.74 Å². The van der Waals surface area contributed by atoms with E-state index in [1.807, 2.05) is 32.0 Å². The van der Waals surface area contributed by atoms with Gasteiger partial charge in [-0.1, -0.05) is 24.3 Å². The average Bonchev–Trinajstić information content (AvgIpc) is 2.48. The fourth-order valence-corrected chi connectivity index (χ4v) is 2.19. The Labute approximate surface area is 118 Å². The van der Waals surface area contributed by atoms with Crippen LogP contribution in [0.25, 0.3) is 11.1 Å². The van der Waals surface area contributed by atoms with Crippen LogP contribution in [0.3, 0.4) is 0 Å². The zero-order chi connectivity index (χ0) is 14.7. The van der Waals surface area contributed by atoms with Crippen LogP contribution in [0.4, 0.5) is 0 Å². The van der Waals surface area contributed by atoms with Gasteiger partial charge in [0, 0.05) is 5.56 Å². The van der Waals surface area contributed by atoms with E-state index in [0.29, 0.717) is 11.1 Å². The van der Waals surface area contributed by atoms with Crippen molar-refractivity contribution < 1.29 is 14.3 Å². The molecule has 0 spiro atoms.